The predicted octanol–water partition coefficient (Wildman–Crippen LogP) is 1.43. The van der Waals surface area contributed by atoms with E-state index in [0.29, 0.717) is 18.8 Å². The molecule has 2 aromatic carbocycles. The molecule has 2 unspecified atom stereocenters. The molecule has 2 amide bonds. The van der Waals surface area contributed by atoms with Crippen LogP contribution in [-0.2, 0) is 16.1 Å². The van der Waals surface area contributed by atoms with Crippen molar-refractivity contribution >= 4 is 17.5 Å². The Hall–Kier alpha value is -2.66. The molecule has 0 radical (unpaired) electrons. The second-order valence-corrected chi connectivity index (χ2v) is 6.26. The van der Waals surface area contributed by atoms with Gasteiger partial charge < -0.3 is 9.64 Å². The van der Waals surface area contributed by atoms with Gasteiger partial charge in [0.2, 0.25) is 5.91 Å². The zero-order chi connectivity index (χ0) is 17.8. The van der Waals surface area contributed by atoms with Crippen LogP contribution in [0.2, 0.25) is 0 Å². The summed E-state index contributed by atoms with van der Waals surface area (Å²) in [7, 11) is 1.96. The van der Waals surface area contributed by atoms with Gasteiger partial charge >= 0.3 is 0 Å². The second-order valence-electron chi connectivity index (χ2n) is 6.26. The van der Waals surface area contributed by atoms with E-state index < -0.39 is 0 Å². The molecule has 0 aromatic heterocycles. The lowest BCUT2D eigenvalue weighted by Crippen LogP contribution is -3.12. The van der Waals surface area contributed by atoms with Crippen molar-refractivity contribution in [2.24, 2.45) is 0 Å². The number of benzene rings is 2. The van der Waals surface area contributed by atoms with Crippen LogP contribution in [0.15, 0.2) is 54.6 Å². The second kappa shape index (κ2) is 7.49. The summed E-state index contributed by atoms with van der Waals surface area (Å²) in [5, 5.41) is 0. The normalized spacial score (nSPS) is 18.5. The van der Waals surface area contributed by atoms with Crippen LogP contribution in [0.3, 0.4) is 0 Å². The van der Waals surface area contributed by atoms with Gasteiger partial charge in [-0.3, -0.25) is 9.59 Å². The lowest BCUT2D eigenvalue weighted by Gasteiger charge is -2.20. The van der Waals surface area contributed by atoms with Gasteiger partial charge in [-0.25, -0.2) is 4.90 Å². The van der Waals surface area contributed by atoms with Crippen molar-refractivity contribution in [3.8, 4) is 5.75 Å². The van der Waals surface area contributed by atoms with E-state index in [0.717, 1.165) is 16.2 Å². The minimum absolute atomic E-state index is 0.136. The molecule has 2 aromatic rings. The highest BCUT2D eigenvalue weighted by molar-refractivity contribution is 6.21. The Morgan fingerprint density at radius 1 is 1.08 bits per heavy atom. The lowest BCUT2D eigenvalue weighted by atomic mass is 10.1. The molecule has 0 aliphatic carbocycles. The van der Waals surface area contributed by atoms with Gasteiger partial charge in [0, 0.05) is 5.56 Å². The van der Waals surface area contributed by atoms with E-state index in [1.165, 1.54) is 4.90 Å². The number of carbonyl (C=O) groups excluding carboxylic acids is 2. The van der Waals surface area contributed by atoms with E-state index in [9.17, 15) is 9.59 Å². The molecule has 0 saturated carbocycles. The summed E-state index contributed by atoms with van der Waals surface area (Å²) < 4.78 is 5.41. The maximum Gasteiger partial charge on any atom is 0.292 e. The quantitative estimate of drug-likeness (QED) is 0.810. The Balaban J connectivity index is 1.73. The summed E-state index contributed by atoms with van der Waals surface area (Å²) in [6.45, 7) is 3.20. The number of imide groups is 1. The Bertz CT molecular complexity index is 743. The van der Waals surface area contributed by atoms with Crippen LogP contribution in [0.25, 0.3) is 0 Å². The molecule has 1 aliphatic rings. The first kappa shape index (κ1) is 17.2. The highest BCUT2D eigenvalue weighted by Gasteiger charge is 2.44. The smallest absolute Gasteiger partial charge is 0.292 e. The van der Waals surface area contributed by atoms with Gasteiger partial charge in [0.15, 0.2) is 6.04 Å². The Kier molecular flexibility index (Phi) is 5.14. The molecule has 0 bridgehead atoms. The van der Waals surface area contributed by atoms with Gasteiger partial charge in [0.1, 0.15) is 12.3 Å². The molecule has 3 rings (SSSR count). The predicted molar refractivity (Wildman–Crippen MR) is 95.5 cm³/mol. The van der Waals surface area contributed by atoms with Crippen molar-refractivity contribution in [3.05, 3.63) is 60.2 Å². The van der Waals surface area contributed by atoms with E-state index in [-0.39, 0.29) is 24.3 Å². The summed E-state index contributed by atoms with van der Waals surface area (Å²) in [4.78, 5) is 27.6. The number of carbonyl (C=O) groups is 2. The van der Waals surface area contributed by atoms with Crippen molar-refractivity contribution in [2.75, 3.05) is 18.6 Å². The van der Waals surface area contributed by atoms with Gasteiger partial charge in [0.05, 0.1) is 25.8 Å². The number of hydrogen-bond acceptors (Lipinski definition) is 3. The van der Waals surface area contributed by atoms with Crippen LogP contribution in [0, 0.1) is 0 Å². The molecule has 5 nitrogen and oxygen atoms in total. The minimum atomic E-state index is -0.348. The number of amides is 2. The minimum Gasteiger partial charge on any atom is -0.494 e. The number of ether oxygens (including phenoxy) is 1. The van der Waals surface area contributed by atoms with Crippen LogP contribution in [0.5, 0.6) is 5.75 Å². The maximum atomic E-state index is 12.8. The number of nitrogens with one attached hydrogen (secondary N) is 1. The Labute approximate surface area is 147 Å². The van der Waals surface area contributed by atoms with Crippen LogP contribution < -0.4 is 14.5 Å². The van der Waals surface area contributed by atoms with E-state index >= 15 is 0 Å². The molecule has 130 valence electrons. The fourth-order valence-corrected chi connectivity index (χ4v) is 3.19. The average molecular weight is 339 g/mol. The zero-order valence-corrected chi connectivity index (χ0v) is 14.6. The molecular weight excluding hydrogens is 316 g/mol. The molecule has 25 heavy (non-hydrogen) atoms. The van der Waals surface area contributed by atoms with Crippen LogP contribution in [-0.4, -0.2) is 31.5 Å². The highest BCUT2D eigenvalue weighted by Crippen LogP contribution is 2.24. The molecule has 1 heterocycles. The third kappa shape index (κ3) is 3.72. The van der Waals surface area contributed by atoms with Crippen molar-refractivity contribution in [1.82, 2.24) is 0 Å². The molecule has 1 saturated heterocycles. The number of quaternary nitrogens is 1. The fourth-order valence-electron chi connectivity index (χ4n) is 3.19. The monoisotopic (exact) mass is 339 g/mol. The number of rotatable bonds is 6. The van der Waals surface area contributed by atoms with Crippen molar-refractivity contribution in [3.63, 3.8) is 0 Å². The van der Waals surface area contributed by atoms with Gasteiger partial charge in [-0.15, -0.1) is 0 Å². The van der Waals surface area contributed by atoms with Crippen molar-refractivity contribution in [2.45, 2.75) is 25.9 Å². The third-order valence-electron chi connectivity index (χ3n) is 4.47. The van der Waals surface area contributed by atoms with Gasteiger partial charge in [-0.05, 0) is 31.2 Å². The summed E-state index contributed by atoms with van der Waals surface area (Å²) >= 11 is 0. The number of likely N-dealkylation sites (N-methyl/N-ethyl adjacent to an activating group) is 1. The SMILES string of the molecule is CCOc1ccc(N2C(=O)CC([NH+](C)Cc3ccccc3)C2=O)cc1. The lowest BCUT2D eigenvalue weighted by molar-refractivity contribution is -0.908. The van der Waals surface area contributed by atoms with Crippen molar-refractivity contribution < 1.29 is 19.2 Å². The average Bonchev–Trinajstić information content (AvgIpc) is 2.92. The van der Waals surface area contributed by atoms with E-state index in [1.807, 2.05) is 44.3 Å². The standard InChI is InChI=1S/C20H22N2O3/c1-3-25-17-11-9-16(10-12-17)22-19(23)13-18(20(22)24)21(2)14-15-7-5-4-6-8-15/h4-12,18H,3,13-14H2,1-2H3/p+1. The molecule has 1 N–H and O–H groups in total. The first-order valence-electron chi connectivity index (χ1n) is 8.56. The Morgan fingerprint density at radius 2 is 1.76 bits per heavy atom. The number of anilines is 1. The first-order valence-corrected chi connectivity index (χ1v) is 8.56. The summed E-state index contributed by atoms with van der Waals surface area (Å²) in [5.41, 5.74) is 1.76. The largest absolute Gasteiger partial charge is 0.494 e. The fraction of sp³-hybridized carbons (Fsp3) is 0.300. The molecule has 5 heteroatoms. The van der Waals surface area contributed by atoms with Crippen LogP contribution in [0.1, 0.15) is 18.9 Å². The number of nitrogens with zero attached hydrogens (tertiary/aromatic N) is 1. The van der Waals surface area contributed by atoms with E-state index in [4.69, 9.17) is 4.74 Å². The highest BCUT2D eigenvalue weighted by atomic mass is 16.5. The molecule has 2 atom stereocenters. The first-order chi connectivity index (χ1) is 12.1. The van der Waals surface area contributed by atoms with Gasteiger partial charge in [-0.2, -0.15) is 0 Å². The maximum absolute atomic E-state index is 12.8. The Morgan fingerprint density at radius 3 is 2.40 bits per heavy atom. The molecule has 1 aliphatic heterocycles. The molecule has 0 spiro atoms. The molecular formula is C20H23N2O3+. The van der Waals surface area contributed by atoms with Crippen LogP contribution in [0.4, 0.5) is 5.69 Å². The third-order valence-corrected chi connectivity index (χ3v) is 4.47. The van der Waals surface area contributed by atoms with Gasteiger partial charge in [-0.1, -0.05) is 30.3 Å². The van der Waals surface area contributed by atoms with E-state index in [1.54, 1.807) is 24.3 Å². The summed E-state index contributed by atoms with van der Waals surface area (Å²) in [5.74, 6) is 0.447. The topological polar surface area (TPSA) is 51.0 Å². The summed E-state index contributed by atoms with van der Waals surface area (Å²) in [6.07, 6.45) is 0.241. The van der Waals surface area contributed by atoms with Gasteiger partial charge in [0.25, 0.3) is 5.91 Å². The van der Waals surface area contributed by atoms with Crippen LogP contribution >= 0.6 is 0 Å². The van der Waals surface area contributed by atoms with E-state index in [2.05, 4.69) is 0 Å². The van der Waals surface area contributed by atoms with Crippen molar-refractivity contribution in [1.29, 1.82) is 0 Å². The molecule has 1 fully saturated rings. The zero-order valence-electron chi connectivity index (χ0n) is 14.6. The number of hydrogen-bond donors (Lipinski definition) is 1. The summed E-state index contributed by atoms with van der Waals surface area (Å²) in [6, 6.07) is 16.7.